The second-order valence-electron chi connectivity index (χ2n) is 5.15. The van der Waals surface area contributed by atoms with Gasteiger partial charge in [-0.15, -0.1) is 0 Å². The van der Waals surface area contributed by atoms with Crippen LogP contribution in [0.5, 0.6) is 0 Å². The number of hydrogen-bond donors (Lipinski definition) is 2. The van der Waals surface area contributed by atoms with Crippen LogP contribution in [0.15, 0.2) is 0 Å². The van der Waals surface area contributed by atoms with Crippen LogP contribution in [0.1, 0.15) is 52.4 Å². The van der Waals surface area contributed by atoms with Gasteiger partial charge in [-0.3, -0.25) is 4.90 Å². The van der Waals surface area contributed by atoms with Crippen molar-refractivity contribution in [3.05, 3.63) is 0 Å². The van der Waals surface area contributed by atoms with Gasteiger partial charge in [0.25, 0.3) is 0 Å². The van der Waals surface area contributed by atoms with Crippen LogP contribution in [0.25, 0.3) is 0 Å². The highest BCUT2D eigenvalue weighted by molar-refractivity contribution is 4.79. The Labute approximate surface area is 101 Å². The van der Waals surface area contributed by atoms with Crippen molar-refractivity contribution in [1.29, 1.82) is 0 Å². The molecule has 2 atom stereocenters. The first-order valence-electron chi connectivity index (χ1n) is 6.97. The topological polar surface area (TPSA) is 41.3 Å². The van der Waals surface area contributed by atoms with E-state index in [4.69, 9.17) is 5.73 Å². The van der Waals surface area contributed by atoms with Gasteiger partial charge in [0.2, 0.25) is 0 Å². The molecule has 0 aliphatic carbocycles. The molecule has 1 saturated heterocycles. The average molecular weight is 227 g/mol. The lowest BCUT2D eigenvalue weighted by Crippen LogP contribution is -2.41. The van der Waals surface area contributed by atoms with E-state index >= 15 is 0 Å². The molecule has 1 rings (SSSR count). The zero-order valence-electron chi connectivity index (χ0n) is 11.0. The molecule has 0 spiro atoms. The van der Waals surface area contributed by atoms with E-state index in [9.17, 15) is 0 Å². The molecule has 2 unspecified atom stereocenters. The predicted molar refractivity (Wildman–Crippen MR) is 70.4 cm³/mol. The normalized spacial score (nSPS) is 23.8. The summed E-state index contributed by atoms with van der Waals surface area (Å²) in [5.41, 5.74) is 5.86. The summed E-state index contributed by atoms with van der Waals surface area (Å²) in [5, 5.41) is 3.57. The quantitative estimate of drug-likeness (QED) is 0.623. The van der Waals surface area contributed by atoms with E-state index in [1.54, 1.807) is 0 Å². The van der Waals surface area contributed by atoms with Crippen molar-refractivity contribution in [3.8, 4) is 0 Å². The maximum absolute atomic E-state index is 5.86. The van der Waals surface area contributed by atoms with E-state index < -0.39 is 0 Å². The van der Waals surface area contributed by atoms with Gasteiger partial charge in [0.1, 0.15) is 0 Å². The summed E-state index contributed by atoms with van der Waals surface area (Å²) in [6.07, 6.45) is 8.74. The molecule has 16 heavy (non-hydrogen) atoms. The Morgan fingerprint density at radius 2 is 2.06 bits per heavy atom. The van der Waals surface area contributed by atoms with Gasteiger partial charge in [0, 0.05) is 25.7 Å². The SMILES string of the molecule is CCCCCCCC1NCCN1CC(C)N. The summed E-state index contributed by atoms with van der Waals surface area (Å²) < 4.78 is 0. The van der Waals surface area contributed by atoms with Crippen LogP contribution in [-0.4, -0.2) is 36.7 Å². The van der Waals surface area contributed by atoms with Crippen LogP contribution in [0.4, 0.5) is 0 Å². The second-order valence-corrected chi connectivity index (χ2v) is 5.15. The molecule has 1 fully saturated rings. The van der Waals surface area contributed by atoms with Crippen LogP contribution in [0.3, 0.4) is 0 Å². The average Bonchev–Trinajstić information content (AvgIpc) is 2.64. The molecule has 0 amide bonds. The van der Waals surface area contributed by atoms with E-state index in [1.807, 2.05) is 0 Å². The first kappa shape index (κ1) is 13.9. The van der Waals surface area contributed by atoms with Crippen LogP contribution >= 0.6 is 0 Å². The molecule has 3 N–H and O–H groups in total. The summed E-state index contributed by atoms with van der Waals surface area (Å²) in [4.78, 5) is 2.50. The van der Waals surface area contributed by atoms with Crippen LogP contribution in [0.2, 0.25) is 0 Å². The van der Waals surface area contributed by atoms with Gasteiger partial charge in [-0.1, -0.05) is 39.0 Å². The molecule has 0 radical (unpaired) electrons. The number of nitrogens with two attached hydrogens (primary N) is 1. The fourth-order valence-electron chi connectivity index (χ4n) is 2.47. The number of nitrogens with one attached hydrogen (secondary N) is 1. The Morgan fingerprint density at radius 3 is 2.75 bits per heavy atom. The first-order chi connectivity index (χ1) is 7.74. The first-order valence-corrected chi connectivity index (χ1v) is 6.97. The zero-order valence-corrected chi connectivity index (χ0v) is 11.0. The third-order valence-electron chi connectivity index (χ3n) is 3.32. The molecule has 0 aromatic rings. The van der Waals surface area contributed by atoms with Gasteiger partial charge >= 0.3 is 0 Å². The van der Waals surface area contributed by atoms with Crippen molar-refractivity contribution in [2.24, 2.45) is 5.73 Å². The van der Waals surface area contributed by atoms with Crippen LogP contribution < -0.4 is 11.1 Å². The number of hydrogen-bond acceptors (Lipinski definition) is 3. The molecule has 0 saturated carbocycles. The highest BCUT2D eigenvalue weighted by Gasteiger charge is 2.23. The molecular weight excluding hydrogens is 198 g/mol. The summed E-state index contributed by atoms with van der Waals surface area (Å²) in [6, 6.07) is 0.294. The van der Waals surface area contributed by atoms with Gasteiger partial charge < -0.3 is 11.1 Å². The fourth-order valence-corrected chi connectivity index (χ4v) is 2.47. The standard InChI is InChI=1S/C13H29N3/c1-3-4-5-6-7-8-13-15-9-10-16(13)11-12(2)14/h12-13,15H,3-11,14H2,1-2H3. The maximum Gasteiger partial charge on any atom is 0.0598 e. The van der Waals surface area contributed by atoms with E-state index in [0.29, 0.717) is 12.2 Å². The van der Waals surface area contributed by atoms with Gasteiger partial charge in [0.15, 0.2) is 0 Å². The Balaban J connectivity index is 2.10. The second kappa shape index (κ2) is 8.04. The van der Waals surface area contributed by atoms with Crippen molar-refractivity contribution in [3.63, 3.8) is 0 Å². The van der Waals surface area contributed by atoms with Gasteiger partial charge in [-0.05, 0) is 13.3 Å². The van der Waals surface area contributed by atoms with E-state index in [2.05, 4.69) is 24.1 Å². The highest BCUT2D eigenvalue weighted by atomic mass is 15.3. The summed E-state index contributed by atoms with van der Waals surface area (Å²) >= 11 is 0. The Hall–Kier alpha value is -0.120. The minimum Gasteiger partial charge on any atom is -0.327 e. The van der Waals surface area contributed by atoms with E-state index in [-0.39, 0.29) is 0 Å². The Kier molecular flexibility index (Phi) is 7.01. The van der Waals surface area contributed by atoms with Gasteiger partial charge in [-0.25, -0.2) is 0 Å². The fraction of sp³-hybridized carbons (Fsp3) is 1.00. The van der Waals surface area contributed by atoms with Crippen LogP contribution in [0, 0.1) is 0 Å². The Morgan fingerprint density at radius 1 is 1.31 bits per heavy atom. The van der Waals surface area contributed by atoms with Crippen molar-refractivity contribution in [2.45, 2.75) is 64.6 Å². The number of nitrogens with zero attached hydrogens (tertiary/aromatic N) is 1. The van der Waals surface area contributed by atoms with E-state index in [1.165, 1.54) is 45.1 Å². The third-order valence-corrected chi connectivity index (χ3v) is 3.32. The number of rotatable bonds is 8. The third kappa shape index (κ3) is 5.28. The van der Waals surface area contributed by atoms with Crippen LogP contribution in [-0.2, 0) is 0 Å². The smallest absolute Gasteiger partial charge is 0.0598 e. The lowest BCUT2D eigenvalue weighted by molar-refractivity contribution is 0.216. The molecule has 1 aliphatic heterocycles. The Bertz CT molecular complexity index is 171. The predicted octanol–water partition coefficient (Wildman–Crippen LogP) is 1.93. The van der Waals surface area contributed by atoms with Gasteiger partial charge in [0.05, 0.1) is 6.17 Å². The monoisotopic (exact) mass is 227 g/mol. The minimum atomic E-state index is 0.294. The van der Waals surface area contributed by atoms with Crippen molar-refractivity contribution >= 4 is 0 Å². The lowest BCUT2D eigenvalue weighted by atomic mass is 10.1. The summed E-state index contributed by atoms with van der Waals surface area (Å²) in [5.74, 6) is 0. The zero-order chi connectivity index (χ0) is 11.8. The molecule has 1 heterocycles. The maximum atomic E-state index is 5.86. The molecular formula is C13H29N3. The molecule has 3 heteroatoms. The molecule has 0 aromatic heterocycles. The molecule has 3 nitrogen and oxygen atoms in total. The minimum absolute atomic E-state index is 0.294. The summed E-state index contributed by atoms with van der Waals surface area (Å²) in [7, 11) is 0. The number of unbranched alkanes of at least 4 members (excludes halogenated alkanes) is 4. The molecule has 96 valence electrons. The van der Waals surface area contributed by atoms with Crippen molar-refractivity contribution in [1.82, 2.24) is 10.2 Å². The molecule has 0 bridgehead atoms. The summed E-state index contributed by atoms with van der Waals surface area (Å²) in [6.45, 7) is 7.69. The highest BCUT2D eigenvalue weighted by Crippen LogP contribution is 2.13. The molecule has 0 aromatic carbocycles. The van der Waals surface area contributed by atoms with Crippen molar-refractivity contribution < 1.29 is 0 Å². The van der Waals surface area contributed by atoms with Crippen molar-refractivity contribution in [2.75, 3.05) is 19.6 Å². The van der Waals surface area contributed by atoms with Gasteiger partial charge in [-0.2, -0.15) is 0 Å². The van der Waals surface area contributed by atoms with E-state index in [0.717, 1.165) is 13.1 Å². The lowest BCUT2D eigenvalue weighted by Gasteiger charge is -2.25. The largest absolute Gasteiger partial charge is 0.327 e. The molecule has 1 aliphatic rings.